The first-order valence-corrected chi connectivity index (χ1v) is 8.23. The van der Waals surface area contributed by atoms with Gasteiger partial charge in [-0.25, -0.2) is 9.18 Å². The van der Waals surface area contributed by atoms with Crippen LogP contribution in [0.15, 0.2) is 48.5 Å². The van der Waals surface area contributed by atoms with Gasteiger partial charge in [-0.2, -0.15) is 0 Å². The number of primary amides is 1. The number of aryl methyl sites for hydroxylation is 1. The number of benzene rings is 2. The van der Waals surface area contributed by atoms with Gasteiger partial charge in [0.15, 0.2) is 0 Å². The number of nitrogens with two attached hydrogens (primary N) is 2. The smallest absolute Gasteiger partial charge is 0.405 e. The number of nitrogen functional groups attached to an aromatic ring is 1. The summed E-state index contributed by atoms with van der Waals surface area (Å²) in [5, 5.41) is 0. The van der Waals surface area contributed by atoms with Crippen molar-refractivity contribution in [3.63, 3.8) is 0 Å². The zero-order valence-corrected chi connectivity index (χ0v) is 14.9. The normalized spacial score (nSPS) is 13.9. The predicted octanol–water partition coefficient (Wildman–Crippen LogP) is 4.38. The molecule has 134 valence electrons. The molecule has 25 heavy (non-hydrogen) atoms. The molecule has 0 radical (unpaired) electrons. The van der Waals surface area contributed by atoms with E-state index >= 15 is 0 Å². The number of hydrogen-bond acceptors (Lipinski definition) is 3. The fourth-order valence-corrected chi connectivity index (χ4v) is 3.18. The average molecular weight is 344 g/mol. The molecule has 2 aromatic rings. The Bertz CT molecular complexity index is 738. The average Bonchev–Trinajstić information content (AvgIpc) is 2.51. The van der Waals surface area contributed by atoms with E-state index in [9.17, 15) is 9.18 Å². The highest BCUT2D eigenvalue weighted by atomic mass is 19.1. The van der Waals surface area contributed by atoms with Gasteiger partial charge < -0.3 is 16.2 Å². The van der Waals surface area contributed by atoms with Gasteiger partial charge in [0, 0.05) is 11.1 Å². The monoisotopic (exact) mass is 344 g/mol. The van der Waals surface area contributed by atoms with Crippen molar-refractivity contribution in [3.05, 3.63) is 65.5 Å². The Hall–Kier alpha value is -2.56. The summed E-state index contributed by atoms with van der Waals surface area (Å²) < 4.78 is 19.0. The van der Waals surface area contributed by atoms with Crippen LogP contribution in [-0.2, 0) is 16.8 Å². The molecule has 4 N–H and O–H groups in total. The fourth-order valence-electron chi connectivity index (χ4n) is 3.18. The van der Waals surface area contributed by atoms with Gasteiger partial charge >= 0.3 is 6.09 Å². The molecule has 0 heterocycles. The van der Waals surface area contributed by atoms with Crippen LogP contribution in [0.25, 0.3) is 0 Å². The highest BCUT2D eigenvalue weighted by molar-refractivity contribution is 5.65. The van der Waals surface area contributed by atoms with Crippen molar-refractivity contribution in [1.82, 2.24) is 0 Å². The van der Waals surface area contributed by atoms with E-state index < -0.39 is 17.1 Å². The summed E-state index contributed by atoms with van der Waals surface area (Å²) in [4.78, 5) is 11.7. The van der Waals surface area contributed by atoms with Crippen LogP contribution in [0, 0.1) is 11.2 Å². The number of anilines is 1. The summed E-state index contributed by atoms with van der Waals surface area (Å²) in [5.74, 6) is -0.346. The van der Waals surface area contributed by atoms with Crippen LogP contribution in [0.5, 0.6) is 0 Å². The number of amides is 1. The molecule has 0 saturated carbocycles. The zero-order valence-electron chi connectivity index (χ0n) is 14.9. The molecule has 0 aliphatic carbocycles. The molecule has 1 atom stereocenters. The second kappa shape index (κ2) is 7.13. The number of ether oxygens (including phenoxy) is 1. The number of rotatable bonds is 5. The molecule has 0 aliphatic heterocycles. The lowest BCUT2D eigenvalue weighted by Crippen LogP contribution is -2.46. The predicted molar refractivity (Wildman–Crippen MR) is 97.4 cm³/mol. The molecule has 2 rings (SSSR count). The SMILES string of the molecule is CC(C)(C)C(CCc1cccc(N)c1)(OC(N)=O)c1ccc(F)cc1. The van der Waals surface area contributed by atoms with Gasteiger partial charge in [-0.3, -0.25) is 0 Å². The molecule has 1 unspecified atom stereocenters. The molecule has 0 aromatic heterocycles. The Labute approximate surface area is 148 Å². The minimum atomic E-state index is -0.989. The largest absolute Gasteiger partial charge is 0.438 e. The van der Waals surface area contributed by atoms with E-state index in [1.807, 2.05) is 45.0 Å². The number of carbonyl (C=O) groups is 1. The molecule has 0 spiro atoms. The van der Waals surface area contributed by atoms with E-state index in [1.165, 1.54) is 12.1 Å². The number of halogens is 1. The Morgan fingerprint density at radius 3 is 2.28 bits per heavy atom. The maximum atomic E-state index is 13.4. The number of carbonyl (C=O) groups excluding carboxylic acids is 1. The molecule has 2 aromatic carbocycles. The van der Waals surface area contributed by atoms with E-state index in [0.29, 0.717) is 24.1 Å². The van der Waals surface area contributed by atoms with Crippen LogP contribution in [0.1, 0.15) is 38.3 Å². The van der Waals surface area contributed by atoms with Crippen molar-refractivity contribution < 1.29 is 13.9 Å². The lowest BCUT2D eigenvalue weighted by Gasteiger charge is -2.44. The van der Waals surface area contributed by atoms with Crippen LogP contribution < -0.4 is 11.5 Å². The van der Waals surface area contributed by atoms with E-state index in [4.69, 9.17) is 16.2 Å². The molecular formula is C20H25FN2O2. The number of hydrogen-bond donors (Lipinski definition) is 2. The van der Waals surface area contributed by atoms with E-state index in [1.54, 1.807) is 12.1 Å². The van der Waals surface area contributed by atoms with Crippen molar-refractivity contribution >= 4 is 11.8 Å². The Morgan fingerprint density at radius 2 is 1.76 bits per heavy atom. The van der Waals surface area contributed by atoms with Crippen molar-refractivity contribution in [1.29, 1.82) is 0 Å². The highest BCUT2D eigenvalue weighted by Gasteiger charge is 2.46. The van der Waals surface area contributed by atoms with Crippen molar-refractivity contribution in [2.45, 2.75) is 39.2 Å². The lowest BCUT2D eigenvalue weighted by atomic mass is 9.69. The summed E-state index contributed by atoms with van der Waals surface area (Å²) in [7, 11) is 0. The van der Waals surface area contributed by atoms with Crippen molar-refractivity contribution in [2.24, 2.45) is 11.1 Å². The second-order valence-corrected chi connectivity index (χ2v) is 7.25. The van der Waals surface area contributed by atoms with Gasteiger partial charge in [-0.05, 0) is 48.2 Å². The quantitative estimate of drug-likeness (QED) is 0.790. The van der Waals surface area contributed by atoms with Gasteiger partial charge in [0.05, 0.1) is 0 Å². The maximum Gasteiger partial charge on any atom is 0.405 e. The molecule has 0 fully saturated rings. The molecule has 1 amide bonds. The maximum absolute atomic E-state index is 13.4. The van der Waals surface area contributed by atoms with Crippen molar-refractivity contribution in [3.8, 4) is 0 Å². The van der Waals surface area contributed by atoms with Gasteiger partial charge in [0.1, 0.15) is 11.4 Å². The zero-order chi connectivity index (χ0) is 18.7. The summed E-state index contributed by atoms with van der Waals surface area (Å²) in [6, 6.07) is 13.6. The molecule has 5 heteroatoms. The minimum Gasteiger partial charge on any atom is -0.438 e. The Kier molecular flexibility index (Phi) is 5.36. The van der Waals surface area contributed by atoms with Crippen molar-refractivity contribution in [2.75, 3.05) is 5.73 Å². The molecule has 0 bridgehead atoms. The van der Waals surface area contributed by atoms with Gasteiger partial charge in [0.25, 0.3) is 0 Å². The van der Waals surface area contributed by atoms with Crippen LogP contribution in [0.4, 0.5) is 14.9 Å². The first-order valence-electron chi connectivity index (χ1n) is 8.23. The minimum absolute atomic E-state index is 0.346. The van der Waals surface area contributed by atoms with Crippen LogP contribution >= 0.6 is 0 Å². The highest BCUT2D eigenvalue weighted by Crippen LogP contribution is 2.46. The fraction of sp³-hybridized carbons (Fsp3) is 0.350. The standard InChI is InChI=1S/C20H25FN2O2/c1-19(2,3)20(25-18(23)24,15-7-9-16(21)10-8-15)12-11-14-5-4-6-17(22)13-14/h4-10,13H,11-12,22H2,1-3H3,(H2,23,24). The Morgan fingerprint density at radius 1 is 1.12 bits per heavy atom. The van der Waals surface area contributed by atoms with Crippen LogP contribution in [0.2, 0.25) is 0 Å². The summed E-state index contributed by atoms with van der Waals surface area (Å²) in [6.45, 7) is 5.91. The first kappa shape index (κ1) is 18.8. The van der Waals surface area contributed by atoms with E-state index in [2.05, 4.69) is 0 Å². The molecule has 4 nitrogen and oxygen atoms in total. The van der Waals surface area contributed by atoms with Crippen LogP contribution in [-0.4, -0.2) is 6.09 Å². The van der Waals surface area contributed by atoms with Gasteiger partial charge in [0.2, 0.25) is 0 Å². The third-order valence-corrected chi connectivity index (χ3v) is 4.51. The molecular weight excluding hydrogens is 319 g/mol. The Balaban J connectivity index is 2.45. The molecule has 0 aliphatic rings. The van der Waals surface area contributed by atoms with E-state index in [-0.39, 0.29) is 5.82 Å². The molecule has 0 saturated heterocycles. The second-order valence-electron chi connectivity index (χ2n) is 7.25. The topological polar surface area (TPSA) is 78.3 Å². The summed E-state index contributed by atoms with van der Waals surface area (Å²) >= 11 is 0. The third-order valence-electron chi connectivity index (χ3n) is 4.51. The van der Waals surface area contributed by atoms with E-state index in [0.717, 1.165) is 5.56 Å². The van der Waals surface area contributed by atoms with Gasteiger partial charge in [-0.1, -0.05) is 45.0 Å². The van der Waals surface area contributed by atoms with Crippen LogP contribution in [0.3, 0.4) is 0 Å². The first-order chi connectivity index (χ1) is 11.6. The third kappa shape index (κ3) is 4.29. The summed E-state index contributed by atoms with van der Waals surface area (Å²) in [6.07, 6.45) is 0.272. The van der Waals surface area contributed by atoms with Gasteiger partial charge in [-0.15, -0.1) is 0 Å². The lowest BCUT2D eigenvalue weighted by molar-refractivity contribution is -0.0772. The summed E-state index contributed by atoms with van der Waals surface area (Å²) in [5.41, 5.74) is 12.2.